The van der Waals surface area contributed by atoms with Gasteiger partial charge in [-0.25, -0.2) is 0 Å². The van der Waals surface area contributed by atoms with E-state index in [1.54, 1.807) is 0 Å². The lowest BCUT2D eigenvalue weighted by Crippen LogP contribution is -2.57. The molecule has 0 aromatic heterocycles. The molecule has 2 saturated heterocycles. The average molecular weight is 616 g/mol. The predicted molar refractivity (Wildman–Crippen MR) is 152 cm³/mol. The van der Waals surface area contributed by atoms with Crippen LogP contribution in [0.4, 0.5) is 5.69 Å². The second-order valence-electron chi connectivity index (χ2n) is 10.5. The molecule has 0 aliphatic carbocycles. The summed E-state index contributed by atoms with van der Waals surface area (Å²) in [6.07, 6.45) is 2.09. The molecule has 0 bridgehead atoms. The average Bonchev–Trinajstić information content (AvgIpc) is 2.81. The molecule has 3 N–H and O–H groups in total. The number of methoxy groups -OCH3 is 1. The van der Waals surface area contributed by atoms with Gasteiger partial charge in [-0.3, -0.25) is 24.8 Å². The predicted octanol–water partition coefficient (Wildman–Crippen LogP) is 2.70. The van der Waals surface area contributed by atoms with Gasteiger partial charge >= 0.3 is 11.9 Å². The summed E-state index contributed by atoms with van der Waals surface area (Å²) in [6.45, 7) is 11.3. The van der Waals surface area contributed by atoms with Crippen molar-refractivity contribution in [3.63, 3.8) is 0 Å². The first-order valence-electron chi connectivity index (χ1n) is 12.5. The number of piperidine rings is 1. The number of nitrogens with one attached hydrogen (secondary N) is 1. The van der Waals surface area contributed by atoms with Crippen molar-refractivity contribution in [3.05, 3.63) is 29.8 Å². The molecule has 10 heteroatoms. The molecule has 2 aliphatic heterocycles. The minimum atomic E-state index is -0.494. The van der Waals surface area contributed by atoms with E-state index in [1.165, 1.54) is 7.11 Å². The van der Waals surface area contributed by atoms with Crippen LogP contribution in [0, 0.1) is 11.3 Å². The van der Waals surface area contributed by atoms with Gasteiger partial charge in [-0.15, -0.1) is 24.0 Å². The Balaban J connectivity index is 0.00000456. The molecule has 2 heterocycles. The van der Waals surface area contributed by atoms with Crippen LogP contribution in [0.3, 0.4) is 0 Å². The summed E-state index contributed by atoms with van der Waals surface area (Å²) in [5.74, 6) is -0.0250. The number of carbonyl (C=O) groups excluding carboxylic acids is 2. The van der Waals surface area contributed by atoms with Gasteiger partial charge in [0.15, 0.2) is 0 Å². The molecule has 3 rings (SSSR count). The Labute approximate surface area is 232 Å². The monoisotopic (exact) mass is 615 g/mol. The molecule has 0 spiro atoms. The summed E-state index contributed by atoms with van der Waals surface area (Å²) in [6, 6.07) is 8.22. The van der Waals surface area contributed by atoms with Crippen LogP contribution >= 0.6 is 24.0 Å². The second-order valence-corrected chi connectivity index (χ2v) is 10.5. The Morgan fingerprint density at radius 3 is 2.25 bits per heavy atom. The molecule has 0 amide bonds. The van der Waals surface area contributed by atoms with Gasteiger partial charge in [-0.1, -0.05) is 0 Å². The van der Waals surface area contributed by atoms with Crippen molar-refractivity contribution in [2.75, 3.05) is 57.8 Å². The highest BCUT2D eigenvalue weighted by atomic mass is 127. The highest BCUT2D eigenvalue weighted by molar-refractivity contribution is 14.0. The topological polar surface area (TPSA) is 112 Å². The number of ether oxygens (including phenoxy) is 2. The number of hydrogen-bond donors (Lipinski definition) is 2. The molecule has 2 fully saturated rings. The fourth-order valence-electron chi connectivity index (χ4n) is 5.13. The third kappa shape index (κ3) is 8.88. The summed E-state index contributed by atoms with van der Waals surface area (Å²) in [5.41, 5.74) is 6.96. The van der Waals surface area contributed by atoms with Crippen molar-refractivity contribution in [3.8, 4) is 0 Å². The zero-order chi connectivity index (χ0) is 25.6. The van der Waals surface area contributed by atoms with E-state index in [1.807, 2.05) is 45.0 Å². The highest BCUT2D eigenvalue weighted by Crippen LogP contribution is 2.28. The van der Waals surface area contributed by atoms with Crippen molar-refractivity contribution in [1.82, 2.24) is 9.80 Å². The van der Waals surface area contributed by atoms with Gasteiger partial charge in [0.2, 0.25) is 0 Å². The van der Waals surface area contributed by atoms with Crippen LogP contribution in [0.25, 0.3) is 0 Å². The maximum Gasteiger partial charge on any atom is 0.320 e. The number of benzene rings is 1. The molecule has 9 nitrogen and oxygen atoms in total. The number of likely N-dealkylation sites (tertiary alicyclic amines) is 1. The standard InChI is InChI=1S/C26H41N5O4.HI/c1-26(2,3)35-24(33)18-29-12-11-22(20(17-29)7-10-23(32)34-4)31-15-13-30(14-16-31)21-8-5-19(6-9-21)25(27)28;/h5-6,8-9,20,22H,7,10-18H2,1-4H3,(H3,27,28);1H. The van der Waals surface area contributed by atoms with Gasteiger partial charge < -0.3 is 20.1 Å². The summed E-state index contributed by atoms with van der Waals surface area (Å²) >= 11 is 0. The van der Waals surface area contributed by atoms with Crippen LogP contribution in [-0.2, 0) is 19.1 Å². The molecule has 202 valence electrons. The normalized spacial score (nSPS) is 21.4. The number of esters is 2. The lowest BCUT2D eigenvalue weighted by atomic mass is 9.86. The number of anilines is 1. The number of halogens is 1. The number of nitrogen functional groups attached to an aromatic ring is 1. The van der Waals surface area contributed by atoms with Crippen molar-refractivity contribution < 1.29 is 19.1 Å². The van der Waals surface area contributed by atoms with Crippen LogP contribution in [-0.4, -0.2) is 92.1 Å². The molecular weight excluding hydrogens is 573 g/mol. The van der Waals surface area contributed by atoms with Crippen LogP contribution in [0.1, 0.15) is 45.6 Å². The Kier molecular flexibility index (Phi) is 11.4. The fourth-order valence-corrected chi connectivity index (χ4v) is 5.13. The first kappa shape index (κ1) is 30.3. The highest BCUT2D eigenvalue weighted by Gasteiger charge is 2.36. The van der Waals surface area contributed by atoms with E-state index >= 15 is 0 Å². The molecule has 36 heavy (non-hydrogen) atoms. The second kappa shape index (κ2) is 13.6. The van der Waals surface area contributed by atoms with E-state index in [9.17, 15) is 9.59 Å². The van der Waals surface area contributed by atoms with E-state index in [0.717, 1.165) is 63.4 Å². The molecule has 2 aliphatic rings. The summed E-state index contributed by atoms with van der Waals surface area (Å²) in [5, 5.41) is 7.57. The molecule has 2 unspecified atom stereocenters. The largest absolute Gasteiger partial charge is 0.469 e. The Morgan fingerprint density at radius 2 is 1.69 bits per heavy atom. The maximum atomic E-state index is 12.4. The van der Waals surface area contributed by atoms with Gasteiger partial charge in [-0.2, -0.15) is 0 Å². The molecule has 0 saturated carbocycles. The van der Waals surface area contributed by atoms with Gasteiger partial charge in [-0.05, 0) is 63.8 Å². The number of piperazine rings is 1. The lowest BCUT2D eigenvalue weighted by molar-refractivity contribution is -0.157. The first-order chi connectivity index (χ1) is 16.6. The van der Waals surface area contributed by atoms with E-state index in [-0.39, 0.29) is 54.2 Å². The van der Waals surface area contributed by atoms with Crippen LogP contribution in [0.15, 0.2) is 24.3 Å². The lowest BCUT2D eigenvalue weighted by Gasteiger charge is -2.47. The van der Waals surface area contributed by atoms with E-state index < -0.39 is 5.60 Å². The third-order valence-electron chi connectivity index (χ3n) is 6.82. The minimum Gasteiger partial charge on any atom is -0.469 e. The third-order valence-corrected chi connectivity index (χ3v) is 6.82. The number of rotatable bonds is 8. The number of amidine groups is 1. The number of hydrogen-bond acceptors (Lipinski definition) is 8. The summed E-state index contributed by atoms with van der Waals surface area (Å²) in [4.78, 5) is 31.3. The van der Waals surface area contributed by atoms with Crippen LogP contribution in [0.5, 0.6) is 0 Å². The van der Waals surface area contributed by atoms with Gasteiger partial charge in [0.1, 0.15) is 11.4 Å². The van der Waals surface area contributed by atoms with E-state index in [2.05, 4.69) is 14.7 Å². The zero-order valence-corrected chi connectivity index (χ0v) is 24.3. The molecule has 1 aromatic carbocycles. The van der Waals surface area contributed by atoms with Gasteiger partial charge in [0.05, 0.1) is 13.7 Å². The number of nitrogens with zero attached hydrogens (tertiary/aromatic N) is 3. The molecular formula is C26H42IN5O4. The van der Waals surface area contributed by atoms with Crippen molar-refractivity contribution >= 4 is 47.4 Å². The summed E-state index contributed by atoms with van der Waals surface area (Å²) < 4.78 is 10.4. The van der Waals surface area contributed by atoms with Crippen molar-refractivity contribution in [2.24, 2.45) is 11.7 Å². The van der Waals surface area contributed by atoms with Crippen LogP contribution < -0.4 is 10.6 Å². The number of carbonyl (C=O) groups is 2. The van der Waals surface area contributed by atoms with Crippen molar-refractivity contribution in [2.45, 2.75) is 51.7 Å². The SMILES string of the molecule is COC(=O)CCC1CN(CC(=O)OC(C)(C)C)CCC1N1CCN(c2ccc(C(=N)N)cc2)CC1.I. The zero-order valence-electron chi connectivity index (χ0n) is 22.0. The van der Waals surface area contributed by atoms with Crippen LogP contribution in [0.2, 0.25) is 0 Å². The smallest absolute Gasteiger partial charge is 0.320 e. The minimum absolute atomic E-state index is 0. The number of nitrogens with two attached hydrogens (primary N) is 1. The fraction of sp³-hybridized carbons (Fsp3) is 0.654. The van der Waals surface area contributed by atoms with Crippen molar-refractivity contribution in [1.29, 1.82) is 5.41 Å². The molecule has 1 aromatic rings. The Hall–Kier alpha value is -1.92. The van der Waals surface area contributed by atoms with E-state index in [4.69, 9.17) is 20.6 Å². The Morgan fingerprint density at radius 1 is 1.06 bits per heavy atom. The maximum absolute atomic E-state index is 12.4. The van der Waals surface area contributed by atoms with Gasteiger partial charge in [0, 0.05) is 63.0 Å². The molecule has 0 radical (unpaired) electrons. The first-order valence-corrected chi connectivity index (χ1v) is 12.5. The van der Waals surface area contributed by atoms with Gasteiger partial charge in [0.25, 0.3) is 0 Å². The summed E-state index contributed by atoms with van der Waals surface area (Å²) in [7, 11) is 1.43. The quantitative estimate of drug-likeness (QED) is 0.199. The molecule has 2 atom stereocenters. The van der Waals surface area contributed by atoms with E-state index in [0.29, 0.717) is 12.5 Å². The Bertz CT molecular complexity index is 881.